The van der Waals surface area contributed by atoms with Gasteiger partial charge < -0.3 is 15.2 Å². The molecule has 1 aromatic rings. The molecule has 0 saturated carbocycles. The fourth-order valence-corrected chi connectivity index (χ4v) is 1.30. The maximum absolute atomic E-state index is 11.1. The topological polar surface area (TPSA) is 58.6 Å². The van der Waals surface area contributed by atoms with E-state index in [0.29, 0.717) is 5.02 Å². The standard InChI is InChI=1S/C9H9Cl2NO3/c10-6-1-2-8(7(11)5-6)15-9(14)12-3-4-13/h1-2,5,13H,3-4H2,(H,12,14). The maximum Gasteiger partial charge on any atom is 0.412 e. The lowest BCUT2D eigenvalue weighted by molar-refractivity contribution is 0.195. The van der Waals surface area contributed by atoms with Crippen molar-refractivity contribution in [2.45, 2.75) is 0 Å². The van der Waals surface area contributed by atoms with Crippen molar-refractivity contribution >= 4 is 29.3 Å². The van der Waals surface area contributed by atoms with Crippen molar-refractivity contribution in [3.8, 4) is 5.75 Å². The van der Waals surface area contributed by atoms with Gasteiger partial charge in [0.2, 0.25) is 0 Å². The molecule has 0 aliphatic heterocycles. The van der Waals surface area contributed by atoms with E-state index >= 15 is 0 Å². The summed E-state index contributed by atoms with van der Waals surface area (Å²) in [5.74, 6) is 0.219. The predicted octanol–water partition coefficient (Wildman–Crippen LogP) is 2.07. The monoisotopic (exact) mass is 249 g/mol. The summed E-state index contributed by atoms with van der Waals surface area (Å²) in [5.41, 5.74) is 0. The summed E-state index contributed by atoms with van der Waals surface area (Å²) in [4.78, 5) is 11.1. The van der Waals surface area contributed by atoms with Crippen molar-refractivity contribution in [1.29, 1.82) is 0 Å². The van der Waals surface area contributed by atoms with E-state index in [1.807, 2.05) is 0 Å². The van der Waals surface area contributed by atoms with Crippen molar-refractivity contribution < 1.29 is 14.6 Å². The lowest BCUT2D eigenvalue weighted by atomic mass is 10.3. The number of hydrogen-bond donors (Lipinski definition) is 2. The number of aliphatic hydroxyl groups excluding tert-OH is 1. The van der Waals surface area contributed by atoms with E-state index in [1.54, 1.807) is 6.07 Å². The number of ether oxygens (including phenoxy) is 1. The lowest BCUT2D eigenvalue weighted by Gasteiger charge is -2.06. The molecule has 0 radical (unpaired) electrons. The van der Waals surface area contributed by atoms with E-state index in [2.05, 4.69) is 5.32 Å². The third-order valence-corrected chi connectivity index (χ3v) is 2.01. The smallest absolute Gasteiger partial charge is 0.409 e. The van der Waals surface area contributed by atoms with Crippen LogP contribution in [0.5, 0.6) is 5.75 Å². The van der Waals surface area contributed by atoms with Crippen molar-refractivity contribution in [3.05, 3.63) is 28.2 Å². The van der Waals surface area contributed by atoms with E-state index in [1.165, 1.54) is 12.1 Å². The molecule has 0 heterocycles. The van der Waals surface area contributed by atoms with Gasteiger partial charge in [0.15, 0.2) is 5.75 Å². The highest BCUT2D eigenvalue weighted by atomic mass is 35.5. The van der Waals surface area contributed by atoms with Crippen molar-refractivity contribution in [2.24, 2.45) is 0 Å². The first-order chi connectivity index (χ1) is 7.13. The third kappa shape index (κ3) is 3.95. The first kappa shape index (κ1) is 12.1. The molecule has 0 atom stereocenters. The van der Waals surface area contributed by atoms with Crippen LogP contribution in [0.1, 0.15) is 0 Å². The third-order valence-electron chi connectivity index (χ3n) is 1.48. The molecule has 0 aliphatic carbocycles. The molecule has 0 aliphatic rings. The van der Waals surface area contributed by atoms with Gasteiger partial charge in [0.05, 0.1) is 11.6 Å². The number of carbonyl (C=O) groups excluding carboxylic acids is 1. The molecule has 1 amide bonds. The second-order valence-corrected chi connectivity index (χ2v) is 3.46. The van der Waals surface area contributed by atoms with Gasteiger partial charge in [-0.2, -0.15) is 0 Å². The number of rotatable bonds is 3. The Morgan fingerprint density at radius 2 is 2.20 bits per heavy atom. The summed E-state index contributed by atoms with van der Waals surface area (Å²) in [5, 5.41) is 11.5. The highest BCUT2D eigenvalue weighted by Gasteiger charge is 2.07. The second-order valence-electron chi connectivity index (χ2n) is 2.61. The van der Waals surface area contributed by atoms with Gasteiger partial charge in [0, 0.05) is 11.6 Å². The molecular weight excluding hydrogens is 241 g/mol. The van der Waals surface area contributed by atoms with E-state index in [0.717, 1.165) is 0 Å². The molecule has 2 N–H and O–H groups in total. The Labute approximate surface area is 96.8 Å². The number of halogens is 2. The highest BCUT2D eigenvalue weighted by molar-refractivity contribution is 6.35. The summed E-state index contributed by atoms with van der Waals surface area (Å²) < 4.78 is 4.85. The molecule has 6 heteroatoms. The first-order valence-electron chi connectivity index (χ1n) is 4.15. The predicted molar refractivity (Wildman–Crippen MR) is 57.6 cm³/mol. The minimum Gasteiger partial charge on any atom is -0.409 e. The lowest BCUT2D eigenvalue weighted by Crippen LogP contribution is -2.29. The number of benzene rings is 1. The summed E-state index contributed by atoms with van der Waals surface area (Å²) in [6.45, 7) is -0.0203. The largest absolute Gasteiger partial charge is 0.412 e. The molecule has 1 rings (SSSR count). The fourth-order valence-electron chi connectivity index (χ4n) is 0.852. The summed E-state index contributed by atoms with van der Waals surface area (Å²) >= 11 is 11.4. The van der Waals surface area contributed by atoms with Gasteiger partial charge in [0.25, 0.3) is 0 Å². The van der Waals surface area contributed by atoms with Crippen LogP contribution in [-0.2, 0) is 0 Å². The van der Waals surface area contributed by atoms with Crippen LogP contribution in [0.4, 0.5) is 4.79 Å². The van der Waals surface area contributed by atoms with Crippen LogP contribution >= 0.6 is 23.2 Å². The van der Waals surface area contributed by atoms with Crippen LogP contribution in [0.15, 0.2) is 18.2 Å². The minimum atomic E-state index is -0.673. The highest BCUT2D eigenvalue weighted by Crippen LogP contribution is 2.27. The summed E-state index contributed by atoms with van der Waals surface area (Å²) in [7, 11) is 0. The van der Waals surface area contributed by atoms with Crippen LogP contribution in [0, 0.1) is 0 Å². The first-order valence-corrected chi connectivity index (χ1v) is 4.90. The van der Waals surface area contributed by atoms with Crippen LogP contribution in [0.2, 0.25) is 10.0 Å². The Morgan fingerprint density at radius 1 is 1.47 bits per heavy atom. The zero-order chi connectivity index (χ0) is 11.3. The maximum atomic E-state index is 11.1. The van der Waals surface area contributed by atoms with Crippen LogP contribution in [0.25, 0.3) is 0 Å². The van der Waals surface area contributed by atoms with Gasteiger partial charge in [-0.05, 0) is 18.2 Å². The molecule has 0 spiro atoms. The molecule has 82 valence electrons. The number of amides is 1. The Balaban J connectivity index is 2.60. The van der Waals surface area contributed by atoms with E-state index < -0.39 is 6.09 Å². The normalized spacial score (nSPS) is 9.80. The molecule has 0 bridgehead atoms. The molecular formula is C9H9Cl2NO3. The second kappa shape index (κ2) is 5.80. The van der Waals surface area contributed by atoms with Gasteiger partial charge >= 0.3 is 6.09 Å². The van der Waals surface area contributed by atoms with Gasteiger partial charge in [0.1, 0.15) is 0 Å². The molecule has 0 saturated heterocycles. The SMILES string of the molecule is O=C(NCCO)Oc1ccc(Cl)cc1Cl. The van der Waals surface area contributed by atoms with Crippen LogP contribution in [-0.4, -0.2) is 24.4 Å². The Kier molecular flexibility index (Phi) is 4.68. The Hall–Kier alpha value is -0.970. The molecule has 0 unspecified atom stereocenters. The Bertz CT molecular complexity index is 357. The van der Waals surface area contributed by atoms with Crippen LogP contribution in [0.3, 0.4) is 0 Å². The van der Waals surface area contributed by atoms with Gasteiger partial charge in [-0.15, -0.1) is 0 Å². The fraction of sp³-hybridized carbons (Fsp3) is 0.222. The van der Waals surface area contributed by atoms with Crippen molar-refractivity contribution in [3.63, 3.8) is 0 Å². The van der Waals surface area contributed by atoms with Crippen LogP contribution < -0.4 is 10.1 Å². The number of hydrogen-bond acceptors (Lipinski definition) is 3. The zero-order valence-electron chi connectivity index (χ0n) is 7.67. The summed E-state index contributed by atoms with van der Waals surface area (Å²) in [6, 6.07) is 4.52. The van der Waals surface area contributed by atoms with E-state index in [-0.39, 0.29) is 23.9 Å². The zero-order valence-corrected chi connectivity index (χ0v) is 9.18. The van der Waals surface area contributed by atoms with Gasteiger partial charge in [-0.3, -0.25) is 0 Å². The van der Waals surface area contributed by atoms with Gasteiger partial charge in [-0.25, -0.2) is 4.79 Å². The van der Waals surface area contributed by atoms with Crippen molar-refractivity contribution in [1.82, 2.24) is 5.32 Å². The summed E-state index contributed by atoms with van der Waals surface area (Å²) in [6.07, 6.45) is -0.673. The average molecular weight is 250 g/mol. The molecule has 0 aromatic heterocycles. The quantitative estimate of drug-likeness (QED) is 0.863. The molecule has 15 heavy (non-hydrogen) atoms. The Morgan fingerprint density at radius 3 is 2.80 bits per heavy atom. The number of carbonyl (C=O) groups is 1. The molecule has 0 fully saturated rings. The minimum absolute atomic E-state index is 0.129. The number of nitrogens with one attached hydrogen (secondary N) is 1. The van der Waals surface area contributed by atoms with E-state index in [9.17, 15) is 4.79 Å². The number of aliphatic hydroxyl groups is 1. The van der Waals surface area contributed by atoms with E-state index in [4.69, 9.17) is 33.0 Å². The average Bonchev–Trinajstić information content (AvgIpc) is 2.19. The molecule has 4 nitrogen and oxygen atoms in total. The van der Waals surface area contributed by atoms with Crippen molar-refractivity contribution in [2.75, 3.05) is 13.2 Å². The molecule has 1 aromatic carbocycles. The van der Waals surface area contributed by atoms with Gasteiger partial charge in [-0.1, -0.05) is 23.2 Å².